The lowest BCUT2D eigenvalue weighted by Gasteiger charge is -2.36. The van der Waals surface area contributed by atoms with Gasteiger partial charge in [0.2, 0.25) is 0 Å². The first-order valence-electron chi connectivity index (χ1n) is 7.01. The SMILES string of the molecule is NCC1CCN(C2CCc3c(Br)cccc32)CC1. The lowest BCUT2D eigenvalue weighted by atomic mass is 9.95. The number of hydrogen-bond donors (Lipinski definition) is 1. The smallest absolute Gasteiger partial charge is 0.0354 e. The summed E-state index contributed by atoms with van der Waals surface area (Å²) >= 11 is 3.68. The van der Waals surface area contributed by atoms with E-state index in [0.717, 1.165) is 12.5 Å². The Hall–Kier alpha value is -0.380. The number of nitrogens with zero attached hydrogens (tertiary/aromatic N) is 1. The molecule has 0 bridgehead atoms. The Bertz CT molecular complexity index is 425. The fourth-order valence-electron chi connectivity index (χ4n) is 3.47. The van der Waals surface area contributed by atoms with Gasteiger partial charge in [-0.15, -0.1) is 0 Å². The molecule has 0 saturated carbocycles. The van der Waals surface area contributed by atoms with Crippen molar-refractivity contribution in [3.05, 3.63) is 33.8 Å². The number of nitrogens with two attached hydrogens (primary N) is 1. The van der Waals surface area contributed by atoms with Crippen LogP contribution < -0.4 is 5.73 Å². The van der Waals surface area contributed by atoms with Gasteiger partial charge in [0.15, 0.2) is 0 Å². The number of rotatable bonds is 2. The maximum Gasteiger partial charge on any atom is 0.0354 e. The summed E-state index contributed by atoms with van der Waals surface area (Å²) in [6.07, 6.45) is 5.05. The number of fused-ring (bicyclic) bond motifs is 1. The second-order valence-corrected chi connectivity index (χ2v) is 6.43. The summed E-state index contributed by atoms with van der Waals surface area (Å²) in [4.78, 5) is 2.67. The molecule has 1 unspecified atom stereocenters. The Morgan fingerprint density at radius 2 is 2.00 bits per heavy atom. The molecule has 3 heteroatoms. The van der Waals surface area contributed by atoms with Crippen molar-refractivity contribution in [2.24, 2.45) is 11.7 Å². The van der Waals surface area contributed by atoms with Crippen LogP contribution in [0.15, 0.2) is 22.7 Å². The molecule has 1 fully saturated rings. The third-order valence-corrected chi connectivity index (χ3v) is 5.35. The third kappa shape index (κ3) is 2.24. The number of hydrogen-bond acceptors (Lipinski definition) is 2. The predicted octanol–water partition coefficient (Wildman–Crippen LogP) is 3.11. The molecule has 1 saturated heterocycles. The van der Waals surface area contributed by atoms with Gasteiger partial charge in [-0.3, -0.25) is 4.90 Å². The molecule has 1 heterocycles. The van der Waals surface area contributed by atoms with Crippen molar-refractivity contribution in [1.29, 1.82) is 0 Å². The Kier molecular flexibility index (Phi) is 3.73. The Balaban J connectivity index is 1.75. The topological polar surface area (TPSA) is 29.3 Å². The fourth-order valence-corrected chi connectivity index (χ4v) is 4.05. The summed E-state index contributed by atoms with van der Waals surface area (Å²) in [6.45, 7) is 3.30. The summed E-state index contributed by atoms with van der Waals surface area (Å²) in [6, 6.07) is 7.30. The average molecular weight is 309 g/mol. The Morgan fingerprint density at radius 1 is 1.22 bits per heavy atom. The number of likely N-dealkylation sites (tertiary alicyclic amines) is 1. The highest BCUT2D eigenvalue weighted by Gasteiger charge is 2.31. The molecule has 18 heavy (non-hydrogen) atoms. The predicted molar refractivity (Wildman–Crippen MR) is 78.6 cm³/mol. The number of piperidine rings is 1. The quantitative estimate of drug-likeness (QED) is 0.909. The zero-order valence-electron chi connectivity index (χ0n) is 10.7. The van der Waals surface area contributed by atoms with Gasteiger partial charge < -0.3 is 5.73 Å². The van der Waals surface area contributed by atoms with Crippen molar-refractivity contribution < 1.29 is 0 Å². The van der Waals surface area contributed by atoms with E-state index >= 15 is 0 Å². The summed E-state index contributed by atoms with van der Waals surface area (Å²) in [5.41, 5.74) is 8.86. The van der Waals surface area contributed by atoms with Crippen LogP contribution in [0, 0.1) is 5.92 Å². The van der Waals surface area contributed by atoms with Gasteiger partial charge in [-0.25, -0.2) is 0 Å². The van der Waals surface area contributed by atoms with E-state index in [1.165, 1.54) is 48.8 Å². The molecule has 3 rings (SSSR count). The standard InChI is InChI=1S/C15H21BrN2/c16-14-3-1-2-13-12(14)4-5-15(13)18-8-6-11(10-17)7-9-18/h1-3,11,15H,4-10,17H2. The monoisotopic (exact) mass is 308 g/mol. The number of halogens is 1. The highest BCUT2D eigenvalue weighted by molar-refractivity contribution is 9.10. The summed E-state index contributed by atoms with van der Waals surface area (Å²) in [5.74, 6) is 0.754. The normalized spacial score (nSPS) is 25.3. The molecule has 2 nitrogen and oxygen atoms in total. The molecule has 1 atom stereocenters. The van der Waals surface area contributed by atoms with Crippen molar-refractivity contribution in [2.75, 3.05) is 19.6 Å². The molecule has 1 aromatic carbocycles. The largest absolute Gasteiger partial charge is 0.330 e. The average Bonchev–Trinajstić information content (AvgIpc) is 2.84. The molecule has 1 aliphatic heterocycles. The van der Waals surface area contributed by atoms with Crippen LogP contribution >= 0.6 is 15.9 Å². The van der Waals surface area contributed by atoms with Gasteiger partial charge in [-0.2, -0.15) is 0 Å². The Labute approximate surface area is 118 Å². The maximum absolute atomic E-state index is 5.77. The van der Waals surface area contributed by atoms with Gasteiger partial charge in [-0.05, 0) is 68.4 Å². The first kappa shape index (κ1) is 12.6. The molecule has 98 valence electrons. The number of benzene rings is 1. The first-order valence-corrected chi connectivity index (χ1v) is 7.80. The first-order chi connectivity index (χ1) is 8.79. The fraction of sp³-hybridized carbons (Fsp3) is 0.600. The van der Waals surface area contributed by atoms with E-state index in [1.54, 1.807) is 5.56 Å². The van der Waals surface area contributed by atoms with E-state index in [-0.39, 0.29) is 0 Å². The van der Waals surface area contributed by atoms with E-state index in [9.17, 15) is 0 Å². The van der Waals surface area contributed by atoms with Crippen LogP contribution in [0.5, 0.6) is 0 Å². The van der Waals surface area contributed by atoms with Gasteiger partial charge in [0, 0.05) is 10.5 Å². The molecule has 2 N–H and O–H groups in total. The van der Waals surface area contributed by atoms with E-state index in [0.29, 0.717) is 6.04 Å². The lowest BCUT2D eigenvalue weighted by Crippen LogP contribution is -2.37. The Morgan fingerprint density at radius 3 is 2.72 bits per heavy atom. The molecule has 1 aromatic rings. The van der Waals surface area contributed by atoms with Gasteiger partial charge in [0.25, 0.3) is 0 Å². The summed E-state index contributed by atoms with van der Waals surface area (Å²) < 4.78 is 1.29. The van der Waals surface area contributed by atoms with Gasteiger partial charge in [0.1, 0.15) is 0 Å². The highest BCUT2D eigenvalue weighted by Crippen LogP contribution is 2.40. The van der Waals surface area contributed by atoms with Crippen molar-refractivity contribution in [3.8, 4) is 0 Å². The van der Waals surface area contributed by atoms with Gasteiger partial charge in [0.05, 0.1) is 0 Å². The lowest BCUT2D eigenvalue weighted by molar-refractivity contribution is 0.134. The second kappa shape index (κ2) is 5.32. The van der Waals surface area contributed by atoms with E-state index in [1.807, 2.05) is 0 Å². The second-order valence-electron chi connectivity index (χ2n) is 5.58. The van der Waals surface area contributed by atoms with Crippen LogP contribution in [0.2, 0.25) is 0 Å². The summed E-state index contributed by atoms with van der Waals surface area (Å²) in [5, 5.41) is 0. The molecule has 2 aliphatic rings. The zero-order valence-corrected chi connectivity index (χ0v) is 12.3. The van der Waals surface area contributed by atoms with Crippen molar-refractivity contribution in [2.45, 2.75) is 31.7 Å². The van der Waals surface area contributed by atoms with Crippen LogP contribution in [-0.2, 0) is 6.42 Å². The molecule has 0 amide bonds. The zero-order chi connectivity index (χ0) is 12.5. The van der Waals surface area contributed by atoms with E-state index in [4.69, 9.17) is 5.73 Å². The minimum atomic E-state index is 0.649. The minimum Gasteiger partial charge on any atom is -0.330 e. The molecule has 1 aliphatic carbocycles. The van der Waals surface area contributed by atoms with E-state index < -0.39 is 0 Å². The highest BCUT2D eigenvalue weighted by atomic mass is 79.9. The van der Waals surface area contributed by atoms with Crippen molar-refractivity contribution in [1.82, 2.24) is 4.90 Å². The maximum atomic E-state index is 5.77. The molecule has 0 aromatic heterocycles. The molecule has 0 spiro atoms. The minimum absolute atomic E-state index is 0.649. The van der Waals surface area contributed by atoms with Crippen LogP contribution in [0.4, 0.5) is 0 Å². The summed E-state index contributed by atoms with van der Waals surface area (Å²) in [7, 11) is 0. The van der Waals surface area contributed by atoms with Crippen LogP contribution in [0.3, 0.4) is 0 Å². The van der Waals surface area contributed by atoms with Gasteiger partial charge >= 0.3 is 0 Å². The third-order valence-electron chi connectivity index (χ3n) is 4.61. The van der Waals surface area contributed by atoms with Crippen LogP contribution in [0.1, 0.15) is 36.4 Å². The molecular formula is C15H21BrN2. The van der Waals surface area contributed by atoms with Crippen LogP contribution in [-0.4, -0.2) is 24.5 Å². The van der Waals surface area contributed by atoms with Crippen LogP contribution in [0.25, 0.3) is 0 Å². The van der Waals surface area contributed by atoms with Gasteiger partial charge in [-0.1, -0.05) is 28.1 Å². The molecule has 0 radical (unpaired) electrons. The van der Waals surface area contributed by atoms with Crippen molar-refractivity contribution >= 4 is 15.9 Å². The van der Waals surface area contributed by atoms with Crippen molar-refractivity contribution in [3.63, 3.8) is 0 Å². The molecular weight excluding hydrogens is 288 g/mol. The van der Waals surface area contributed by atoms with E-state index in [2.05, 4.69) is 39.0 Å².